The molecule has 0 bridgehead atoms. The number of nitrogens with zero attached hydrogens (tertiary/aromatic N) is 5. The third kappa shape index (κ3) is 3.19. The highest BCUT2D eigenvalue weighted by Crippen LogP contribution is 2.25. The molecule has 5 nitrogen and oxygen atoms in total. The van der Waals surface area contributed by atoms with E-state index in [9.17, 15) is 0 Å². The van der Waals surface area contributed by atoms with Crippen LogP contribution in [0.4, 0.5) is 0 Å². The predicted molar refractivity (Wildman–Crippen MR) is 87.4 cm³/mol. The van der Waals surface area contributed by atoms with Gasteiger partial charge in [0.2, 0.25) is 0 Å². The second kappa shape index (κ2) is 6.57. The molecular weight excluding hydrogens is 274 g/mol. The molecule has 2 aromatic heterocycles. The van der Waals surface area contributed by atoms with Gasteiger partial charge in [0.15, 0.2) is 5.82 Å². The first-order chi connectivity index (χ1) is 10.6. The molecule has 0 N–H and O–H groups in total. The molecule has 1 aliphatic rings. The molecule has 0 saturated carbocycles. The maximum atomic E-state index is 4.61. The Morgan fingerprint density at radius 2 is 2.00 bits per heavy atom. The lowest BCUT2D eigenvalue weighted by molar-refractivity contribution is 0.139. The zero-order valence-corrected chi connectivity index (χ0v) is 13.7. The number of rotatable bonds is 4. The van der Waals surface area contributed by atoms with Crippen molar-refractivity contribution in [3.8, 4) is 11.5 Å². The van der Waals surface area contributed by atoms with Crippen LogP contribution >= 0.6 is 0 Å². The molecule has 0 amide bonds. The minimum Gasteiger partial charge on any atom is -0.333 e. The fourth-order valence-electron chi connectivity index (χ4n) is 3.30. The van der Waals surface area contributed by atoms with Gasteiger partial charge < -0.3 is 9.47 Å². The van der Waals surface area contributed by atoms with Crippen LogP contribution in [0.15, 0.2) is 24.8 Å². The summed E-state index contributed by atoms with van der Waals surface area (Å²) in [6, 6.07) is 0.624. The number of imidazole rings is 1. The van der Waals surface area contributed by atoms with Gasteiger partial charge in [-0.2, -0.15) is 0 Å². The van der Waals surface area contributed by atoms with Gasteiger partial charge in [-0.05, 0) is 45.6 Å². The molecule has 22 heavy (non-hydrogen) atoms. The van der Waals surface area contributed by atoms with Crippen molar-refractivity contribution in [2.75, 3.05) is 13.1 Å². The zero-order valence-electron chi connectivity index (χ0n) is 13.7. The monoisotopic (exact) mass is 299 g/mol. The third-order valence-corrected chi connectivity index (χ3v) is 4.57. The van der Waals surface area contributed by atoms with Crippen molar-refractivity contribution in [2.24, 2.45) is 13.0 Å². The summed E-state index contributed by atoms with van der Waals surface area (Å²) in [5.74, 6) is 1.56. The molecule has 3 heterocycles. The zero-order chi connectivity index (χ0) is 15.5. The highest BCUT2D eigenvalue weighted by molar-refractivity contribution is 5.52. The van der Waals surface area contributed by atoms with Crippen LogP contribution in [-0.2, 0) is 13.5 Å². The van der Waals surface area contributed by atoms with Crippen LogP contribution in [0.1, 0.15) is 32.4 Å². The van der Waals surface area contributed by atoms with Gasteiger partial charge in [0.1, 0.15) is 5.69 Å². The number of hydrogen-bond donors (Lipinski definition) is 0. The number of aryl methyl sites for hydroxylation is 1. The average Bonchev–Trinajstić information content (AvgIpc) is 2.94. The molecule has 3 rings (SSSR count). The van der Waals surface area contributed by atoms with Crippen LogP contribution in [0.5, 0.6) is 0 Å². The fraction of sp³-hybridized carbons (Fsp3) is 0.588. The molecule has 2 aromatic rings. The lowest BCUT2D eigenvalue weighted by atomic mass is 9.92. The van der Waals surface area contributed by atoms with E-state index in [1.807, 2.05) is 24.0 Å². The van der Waals surface area contributed by atoms with Crippen LogP contribution in [0.3, 0.4) is 0 Å². The number of likely N-dealkylation sites (tertiary alicyclic amines) is 1. The van der Waals surface area contributed by atoms with Crippen molar-refractivity contribution < 1.29 is 0 Å². The summed E-state index contributed by atoms with van der Waals surface area (Å²) in [5.41, 5.74) is 2.00. The predicted octanol–water partition coefficient (Wildman–Crippen LogP) is 2.54. The van der Waals surface area contributed by atoms with Gasteiger partial charge in [0, 0.05) is 44.4 Å². The summed E-state index contributed by atoms with van der Waals surface area (Å²) in [4.78, 5) is 16.2. The molecule has 1 fully saturated rings. The van der Waals surface area contributed by atoms with E-state index in [0.717, 1.165) is 30.2 Å². The second-order valence-electron chi connectivity index (χ2n) is 6.51. The average molecular weight is 299 g/mol. The molecule has 5 heteroatoms. The van der Waals surface area contributed by atoms with E-state index < -0.39 is 0 Å². The molecule has 1 atom stereocenters. The Hall–Kier alpha value is -1.75. The first-order valence-corrected chi connectivity index (χ1v) is 8.16. The van der Waals surface area contributed by atoms with Crippen molar-refractivity contribution in [1.29, 1.82) is 0 Å². The molecule has 0 aliphatic carbocycles. The van der Waals surface area contributed by atoms with Gasteiger partial charge in [-0.3, -0.25) is 4.98 Å². The minimum absolute atomic E-state index is 0.624. The van der Waals surface area contributed by atoms with E-state index in [2.05, 4.69) is 33.7 Å². The fourth-order valence-corrected chi connectivity index (χ4v) is 3.30. The van der Waals surface area contributed by atoms with Crippen molar-refractivity contribution in [2.45, 2.75) is 39.2 Å². The van der Waals surface area contributed by atoms with Gasteiger partial charge in [-0.15, -0.1) is 0 Å². The maximum Gasteiger partial charge on any atom is 0.160 e. The van der Waals surface area contributed by atoms with Gasteiger partial charge in [-0.25, -0.2) is 9.97 Å². The van der Waals surface area contributed by atoms with Crippen LogP contribution in [0.25, 0.3) is 11.5 Å². The standard InChI is InChI=1S/C17H25N5/c1-13(2)22-9-4-5-14(12-22)11-15-16(19-7-6-18-15)17-20-8-10-21(17)3/h6-8,10,13-14H,4-5,9,11-12H2,1-3H3/t14-/m0/s1. The lowest BCUT2D eigenvalue weighted by Gasteiger charge is -2.35. The maximum absolute atomic E-state index is 4.61. The molecular formula is C17H25N5. The van der Waals surface area contributed by atoms with E-state index in [4.69, 9.17) is 0 Å². The molecule has 118 valence electrons. The van der Waals surface area contributed by atoms with E-state index in [0.29, 0.717) is 12.0 Å². The molecule has 0 aromatic carbocycles. The third-order valence-electron chi connectivity index (χ3n) is 4.57. The summed E-state index contributed by atoms with van der Waals surface area (Å²) in [6.07, 6.45) is 10.9. The summed E-state index contributed by atoms with van der Waals surface area (Å²) in [5, 5.41) is 0. The largest absolute Gasteiger partial charge is 0.333 e. The number of hydrogen-bond acceptors (Lipinski definition) is 4. The van der Waals surface area contributed by atoms with Crippen molar-refractivity contribution in [3.05, 3.63) is 30.5 Å². The van der Waals surface area contributed by atoms with E-state index in [1.54, 1.807) is 12.4 Å². The summed E-state index contributed by atoms with van der Waals surface area (Å²) in [7, 11) is 2.00. The Morgan fingerprint density at radius 1 is 1.18 bits per heavy atom. The normalized spacial score (nSPS) is 19.7. The van der Waals surface area contributed by atoms with Crippen LogP contribution in [-0.4, -0.2) is 43.6 Å². The molecule has 0 spiro atoms. The molecule has 0 radical (unpaired) electrons. The summed E-state index contributed by atoms with van der Waals surface area (Å²) < 4.78 is 2.01. The summed E-state index contributed by atoms with van der Waals surface area (Å²) in [6.45, 7) is 6.95. The smallest absolute Gasteiger partial charge is 0.160 e. The van der Waals surface area contributed by atoms with Crippen LogP contribution < -0.4 is 0 Å². The summed E-state index contributed by atoms with van der Waals surface area (Å²) >= 11 is 0. The Morgan fingerprint density at radius 3 is 2.73 bits per heavy atom. The van der Waals surface area contributed by atoms with Crippen LogP contribution in [0, 0.1) is 5.92 Å². The molecule has 1 aliphatic heterocycles. The highest BCUT2D eigenvalue weighted by Gasteiger charge is 2.24. The van der Waals surface area contributed by atoms with E-state index in [-0.39, 0.29) is 0 Å². The lowest BCUT2D eigenvalue weighted by Crippen LogP contribution is -2.40. The first kappa shape index (κ1) is 15.2. The Labute approximate surface area is 132 Å². The van der Waals surface area contributed by atoms with Gasteiger partial charge >= 0.3 is 0 Å². The van der Waals surface area contributed by atoms with E-state index in [1.165, 1.54) is 19.4 Å². The highest BCUT2D eigenvalue weighted by atomic mass is 15.2. The van der Waals surface area contributed by atoms with Crippen LogP contribution in [0.2, 0.25) is 0 Å². The molecule has 0 unspecified atom stereocenters. The van der Waals surface area contributed by atoms with Gasteiger partial charge in [-0.1, -0.05) is 0 Å². The van der Waals surface area contributed by atoms with E-state index >= 15 is 0 Å². The van der Waals surface area contributed by atoms with Crippen molar-refractivity contribution in [1.82, 2.24) is 24.4 Å². The second-order valence-corrected chi connectivity index (χ2v) is 6.51. The Kier molecular flexibility index (Phi) is 4.52. The Bertz CT molecular complexity index is 619. The number of piperidine rings is 1. The van der Waals surface area contributed by atoms with Gasteiger partial charge in [0.25, 0.3) is 0 Å². The van der Waals surface area contributed by atoms with Crippen molar-refractivity contribution >= 4 is 0 Å². The van der Waals surface area contributed by atoms with Gasteiger partial charge in [0.05, 0.1) is 5.69 Å². The van der Waals surface area contributed by atoms with Crippen molar-refractivity contribution in [3.63, 3.8) is 0 Å². The molecule has 1 saturated heterocycles. The first-order valence-electron chi connectivity index (χ1n) is 8.16. The topological polar surface area (TPSA) is 46.8 Å². The number of aromatic nitrogens is 4. The Balaban J connectivity index is 1.80. The quantitative estimate of drug-likeness (QED) is 0.870. The SMILES string of the molecule is CC(C)N1CCC[C@@H](Cc2nccnc2-c2nccn2C)C1. The minimum atomic E-state index is 0.624.